The maximum absolute atomic E-state index is 4.64. The normalized spacial score (nSPS) is 18.1. The van der Waals surface area contributed by atoms with Crippen molar-refractivity contribution in [3.05, 3.63) is 41.7 Å². The van der Waals surface area contributed by atoms with Crippen molar-refractivity contribution in [2.45, 2.75) is 17.2 Å². The number of hydrogen-bond acceptors (Lipinski definition) is 1. The van der Waals surface area contributed by atoms with Gasteiger partial charge in [-0.05, 0) is 21.7 Å². The van der Waals surface area contributed by atoms with Crippen LogP contribution in [0.15, 0.2) is 41.3 Å². The van der Waals surface area contributed by atoms with Crippen LogP contribution in [0.3, 0.4) is 0 Å². The molecule has 1 heterocycles. The van der Waals surface area contributed by atoms with E-state index in [1.807, 2.05) is 11.8 Å². The van der Waals surface area contributed by atoms with Crippen molar-refractivity contribution in [2.24, 2.45) is 0 Å². The molecule has 1 unspecified atom stereocenters. The van der Waals surface area contributed by atoms with Gasteiger partial charge in [-0.25, -0.2) is 0 Å². The van der Waals surface area contributed by atoms with Crippen molar-refractivity contribution >= 4 is 28.2 Å². The number of thioether (sulfide) groups is 1. The molecule has 1 radical (unpaired) electrons. The fourth-order valence-electron chi connectivity index (χ4n) is 1.86. The molecule has 1 nitrogen and oxygen atoms in total. The molecular weight excluding hydrogens is 382 g/mol. The summed E-state index contributed by atoms with van der Waals surface area (Å²) in [7, 11) is 0. The molecule has 1 aliphatic rings. The molecule has 0 bridgehead atoms. The third-order valence-electron chi connectivity index (χ3n) is 2.47. The second-order valence-corrected chi connectivity index (χ2v) is 4.84. The molecule has 0 fully saturated rings. The zero-order valence-corrected chi connectivity index (χ0v) is 11.4. The number of benzene rings is 2. The van der Waals surface area contributed by atoms with Gasteiger partial charge in [0.15, 0.2) is 0 Å². The minimum absolute atomic E-state index is 0. The average molecular weight is 393 g/mol. The number of hydrogen-bond donors (Lipinski definition) is 0. The van der Waals surface area contributed by atoms with Crippen LogP contribution in [0, 0.1) is 0 Å². The first-order valence-corrected chi connectivity index (χ1v) is 5.62. The number of rotatable bonds is 0. The second-order valence-electron chi connectivity index (χ2n) is 3.48. The Hall–Kier alpha value is -0.501. The van der Waals surface area contributed by atoms with Gasteiger partial charge >= 0.3 is 0 Å². The number of nitrogens with zero attached hydrogens (tertiary/aromatic N) is 1. The van der Waals surface area contributed by atoms with Gasteiger partial charge in [0.25, 0.3) is 0 Å². The molecule has 15 heavy (non-hydrogen) atoms. The van der Waals surface area contributed by atoms with Crippen LogP contribution in [-0.4, -0.2) is 5.37 Å². The van der Waals surface area contributed by atoms with E-state index >= 15 is 0 Å². The first-order valence-electron chi connectivity index (χ1n) is 4.74. The van der Waals surface area contributed by atoms with Gasteiger partial charge in [0.05, 0.1) is 0 Å². The van der Waals surface area contributed by atoms with Crippen LogP contribution in [-0.2, 0) is 20.1 Å². The standard InChI is InChI=1S/C12H10NS.Ir/c1-8-13-12-10-5-3-2-4-9(10)6-7-11(12)14-8;/h2-8H,1H3;/q-1;. The monoisotopic (exact) mass is 393 g/mol. The van der Waals surface area contributed by atoms with Crippen LogP contribution >= 0.6 is 11.8 Å². The Bertz CT molecular complexity index is 498. The summed E-state index contributed by atoms with van der Waals surface area (Å²) in [6, 6.07) is 12.8. The molecular formula is C12H10IrNS-. The Labute approximate surface area is 107 Å². The van der Waals surface area contributed by atoms with E-state index in [4.69, 9.17) is 0 Å². The summed E-state index contributed by atoms with van der Waals surface area (Å²) in [5.74, 6) is 0. The minimum atomic E-state index is 0. The maximum Gasteiger partial charge on any atom is 0 e. The molecule has 3 rings (SSSR count). The van der Waals surface area contributed by atoms with E-state index in [1.54, 1.807) is 0 Å². The predicted molar refractivity (Wildman–Crippen MR) is 62.3 cm³/mol. The molecule has 0 N–H and O–H groups in total. The topological polar surface area (TPSA) is 14.1 Å². The van der Waals surface area contributed by atoms with E-state index in [0.29, 0.717) is 5.37 Å². The summed E-state index contributed by atoms with van der Waals surface area (Å²) in [5.41, 5.74) is 1.18. The summed E-state index contributed by atoms with van der Waals surface area (Å²) in [6.07, 6.45) is 0. The Balaban J connectivity index is 0.000000853. The summed E-state index contributed by atoms with van der Waals surface area (Å²) >= 11 is 1.84. The van der Waals surface area contributed by atoms with Gasteiger partial charge < -0.3 is 5.32 Å². The maximum atomic E-state index is 4.64. The first-order chi connectivity index (χ1) is 6.84. The zero-order valence-electron chi connectivity index (χ0n) is 8.23. The Kier molecular flexibility index (Phi) is 3.05. The molecule has 79 valence electrons. The van der Waals surface area contributed by atoms with Crippen molar-refractivity contribution < 1.29 is 20.1 Å². The quantitative estimate of drug-likeness (QED) is 0.652. The van der Waals surface area contributed by atoms with E-state index in [2.05, 4.69) is 48.6 Å². The van der Waals surface area contributed by atoms with E-state index in [-0.39, 0.29) is 20.1 Å². The molecule has 2 aromatic rings. The van der Waals surface area contributed by atoms with Crippen molar-refractivity contribution in [1.82, 2.24) is 0 Å². The van der Waals surface area contributed by atoms with E-state index in [1.165, 1.54) is 21.4 Å². The van der Waals surface area contributed by atoms with E-state index in [9.17, 15) is 0 Å². The molecule has 1 atom stereocenters. The van der Waals surface area contributed by atoms with Crippen LogP contribution in [0.5, 0.6) is 0 Å². The summed E-state index contributed by atoms with van der Waals surface area (Å²) in [4.78, 5) is 1.32. The van der Waals surface area contributed by atoms with Crippen molar-refractivity contribution in [1.29, 1.82) is 0 Å². The van der Waals surface area contributed by atoms with Gasteiger partial charge in [-0.2, -0.15) is 0 Å². The van der Waals surface area contributed by atoms with Crippen LogP contribution in [0.4, 0.5) is 5.69 Å². The van der Waals surface area contributed by atoms with Gasteiger partial charge in [-0.3, -0.25) is 0 Å². The molecule has 3 heteroatoms. The molecule has 0 spiro atoms. The molecule has 1 aliphatic heterocycles. The predicted octanol–water partition coefficient (Wildman–Crippen LogP) is 4.29. The summed E-state index contributed by atoms with van der Waals surface area (Å²) in [5, 5.41) is 7.58. The number of fused-ring (bicyclic) bond motifs is 3. The molecule has 0 saturated carbocycles. The van der Waals surface area contributed by atoms with Gasteiger partial charge in [-0.1, -0.05) is 42.6 Å². The van der Waals surface area contributed by atoms with Crippen LogP contribution in [0.2, 0.25) is 0 Å². The van der Waals surface area contributed by atoms with Gasteiger partial charge in [0.1, 0.15) is 0 Å². The van der Waals surface area contributed by atoms with Gasteiger partial charge in [0, 0.05) is 20.1 Å². The molecule has 0 aromatic heterocycles. The van der Waals surface area contributed by atoms with Crippen LogP contribution in [0.25, 0.3) is 16.1 Å². The fourth-order valence-corrected chi connectivity index (χ4v) is 2.80. The largest absolute Gasteiger partial charge is 0.672 e. The van der Waals surface area contributed by atoms with Crippen LogP contribution in [0.1, 0.15) is 6.92 Å². The first kappa shape index (κ1) is 11.0. The zero-order chi connectivity index (χ0) is 9.54. The van der Waals surface area contributed by atoms with Crippen molar-refractivity contribution in [3.63, 3.8) is 0 Å². The Morgan fingerprint density at radius 3 is 2.80 bits per heavy atom. The Morgan fingerprint density at radius 1 is 1.13 bits per heavy atom. The fraction of sp³-hybridized carbons (Fsp3) is 0.167. The molecule has 0 aliphatic carbocycles. The van der Waals surface area contributed by atoms with E-state index < -0.39 is 0 Å². The SMILES string of the molecule is CC1[N-]c2c(ccc3ccccc23)S1.[Ir]. The van der Waals surface area contributed by atoms with Crippen molar-refractivity contribution in [2.75, 3.05) is 0 Å². The third-order valence-corrected chi connectivity index (χ3v) is 3.50. The minimum Gasteiger partial charge on any atom is -0.672 e. The summed E-state index contributed by atoms with van der Waals surface area (Å²) in [6.45, 7) is 2.14. The average Bonchev–Trinajstić information content (AvgIpc) is 2.59. The molecule has 0 saturated heterocycles. The third kappa shape index (κ3) is 1.80. The second kappa shape index (κ2) is 4.17. The van der Waals surface area contributed by atoms with Crippen molar-refractivity contribution in [3.8, 4) is 0 Å². The van der Waals surface area contributed by atoms with E-state index in [0.717, 1.165) is 0 Å². The Morgan fingerprint density at radius 2 is 1.93 bits per heavy atom. The molecule has 0 amide bonds. The van der Waals surface area contributed by atoms with Gasteiger partial charge in [0.2, 0.25) is 0 Å². The molecule has 2 aromatic carbocycles. The van der Waals surface area contributed by atoms with Crippen LogP contribution < -0.4 is 0 Å². The smallest absolute Gasteiger partial charge is 0 e. The van der Waals surface area contributed by atoms with Gasteiger partial charge in [-0.15, -0.1) is 17.4 Å². The summed E-state index contributed by atoms with van der Waals surface area (Å²) < 4.78 is 0.